The predicted octanol–water partition coefficient (Wildman–Crippen LogP) is 5.27. The van der Waals surface area contributed by atoms with Crippen molar-refractivity contribution < 1.29 is 18.4 Å². The van der Waals surface area contributed by atoms with Crippen LogP contribution in [0.2, 0.25) is 0 Å². The summed E-state index contributed by atoms with van der Waals surface area (Å²) in [7, 11) is 1.88. The van der Waals surface area contributed by atoms with Crippen molar-refractivity contribution in [1.29, 1.82) is 0 Å². The van der Waals surface area contributed by atoms with Crippen LogP contribution in [0.1, 0.15) is 30.1 Å². The molecule has 0 saturated carbocycles. The van der Waals surface area contributed by atoms with Gasteiger partial charge in [-0.2, -0.15) is 0 Å². The van der Waals surface area contributed by atoms with Gasteiger partial charge >= 0.3 is 0 Å². The van der Waals surface area contributed by atoms with E-state index in [1.807, 2.05) is 35.9 Å². The number of likely N-dealkylation sites (tertiary alicyclic amines) is 1. The molecule has 2 amide bonds. The van der Waals surface area contributed by atoms with Crippen molar-refractivity contribution in [3.63, 3.8) is 0 Å². The zero-order valence-electron chi connectivity index (χ0n) is 21.7. The number of piperidine rings is 1. The average molecular weight is 531 g/mol. The Morgan fingerprint density at radius 3 is 2.23 bits per heavy atom. The van der Waals surface area contributed by atoms with Crippen LogP contribution in [0.25, 0.3) is 33.4 Å². The van der Waals surface area contributed by atoms with Crippen LogP contribution in [0, 0.1) is 0 Å². The zero-order chi connectivity index (χ0) is 27.9. The highest BCUT2D eigenvalue weighted by atomic mass is 19.3. The molecule has 2 aromatic carbocycles. The maximum absolute atomic E-state index is 13.6. The smallest absolute Gasteiger partial charge is 0.253 e. The van der Waals surface area contributed by atoms with Crippen molar-refractivity contribution in [2.24, 2.45) is 7.05 Å². The summed E-state index contributed by atoms with van der Waals surface area (Å²) in [4.78, 5) is 35.1. The fourth-order valence-corrected chi connectivity index (χ4v) is 4.84. The average Bonchev–Trinajstić information content (AvgIpc) is 3.22. The van der Waals surface area contributed by atoms with E-state index in [-0.39, 0.29) is 37.7 Å². The number of amides is 2. The Bertz CT molecular complexity index is 1580. The van der Waals surface area contributed by atoms with Crippen LogP contribution in [0.4, 0.5) is 20.3 Å². The molecule has 1 saturated heterocycles. The van der Waals surface area contributed by atoms with Gasteiger partial charge in [-0.25, -0.2) is 18.7 Å². The van der Waals surface area contributed by atoms with E-state index in [0.29, 0.717) is 33.7 Å². The fraction of sp³-hybridized carbons (Fsp3) is 0.241. The van der Waals surface area contributed by atoms with Gasteiger partial charge in [-0.3, -0.25) is 9.59 Å². The minimum Gasteiger partial charge on any atom is -0.383 e. The normalized spacial score (nSPS) is 14.8. The lowest BCUT2D eigenvalue weighted by Gasteiger charge is -2.31. The first kappa shape index (κ1) is 26.0. The molecule has 8 nitrogen and oxygen atoms in total. The molecule has 5 rings (SSSR count). The Hall–Kier alpha value is -4.60. The van der Waals surface area contributed by atoms with E-state index in [2.05, 4.69) is 21.9 Å². The van der Waals surface area contributed by atoms with E-state index < -0.39 is 5.92 Å². The molecule has 0 unspecified atom stereocenters. The SMILES string of the molecule is C=C(C)C(=O)Nc1ccc(-c2c(-c3ccc(C(=O)N4CCC(F)(F)CC4)cc3)c3c(N)ncnc3n2C)cc1. The largest absolute Gasteiger partial charge is 0.383 e. The number of alkyl halides is 2. The molecule has 1 fully saturated rings. The van der Waals surface area contributed by atoms with Crippen molar-refractivity contribution in [3.05, 3.63) is 72.6 Å². The highest BCUT2D eigenvalue weighted by molar-refractivity contribution is 6.08. The Morgan fingerprint density at radius 1 is 1.00 bits per heavy atom. The number of hydrogen-bond donors (Lipinski definition) is 2. The third kappa shape index (κ3) is 4.97. The van der Waals surface area contributed by atoms with Gasteiger partial charge in [0.2, 0.25) is 0 Å². The molecular weight excluding hydrogens is 502 g/mol. The number of hydrogen-bond acceptors (Lipinski definition) is 5. The number of rotatable bonds is 5. The van der Waals surface area contributed by atoms with Gasteiger partial charge in [0.1, 0.15) is 17.8 Å². The Morgan fingerprint density at radius 2 is 1.62 bits per heavy atom. The maximum atomic E-state index is 13.6. The molecule has 0 radical (unpaired) electrons. The number of carbonyl (C=O) groups is 2. The van der Waals surface area contributed by atoms with Crippen LogP contribution >= 0.6 is 0 Å². The van der Waals surface area contributed by atoms with Gasteiger partial charge in [-0.05, 0) is 42.3 Å². The third-order valence-corrected chi connectivity index (χ3v) is 7.00. The summed E-state index contributed by atoms with van der Waals surface area (Å²) < 4.78 is 29.0. The quantitative estimate of drug-likeness (QED) is 0.342. The summed E-state index contributed by atoms with van der Waals surface area (Å²) in [6, 6.07) is 14.4. The highest BCUT2D eigenvalue weighted by Crippen LogP contribution is 2.42. The molecule has 0 aliphatic carbocycles. The van der Waals surface area contributed by atoms with Gasteiger partial charge < -0.3 is 20.5 Å². The Kier molecular flexibility index (Phi) is 6.63. The van der Waals surface area contributed by atoms with E-state index in [1.165, 1.54) is 11.2 Å². The number of nitrogen functional groups attached to an aromatic ring is 1. The van der Waals surface area contributed by atoms with Crippen LogP contribution in [0.5, 0.6) is 0 Å². The van der Waals surface area contributed by atoms with Gasteiger partial charge in [0, 0.05) is 55.4 Å². The lowest BCUT2D eigenvalue weighted by Crippen LogP contribution is -2.42. The number of fused-ring (bicyclic) bond motifs is 1. The van der Waals surface area contributed by atoms with E-state index in [4.69, 9.17) is 5.73 Å². The second-order valence-corrected chi connectivity index (χ2v) is 9.78. The molecule has 10 heteroatoms. The molecule has 0 bridgehead atoms. The van der Waals surface area contributed by atoms with Crippen LogP contribution < -0.4 is 11.1 Å². The molecule has 0 atom stereocenters. The number of nitrogens with two attached hydrogens (primary N) is 1. The molecule has 2 aromatic heterocycles. The van der Waals surface area contributed by atoms with E-state index in [0.717, 1.165) is 22.4 Å². The number of benzene rings is 2. The van der Waals surface area contributed by atoms with Crippen molar-refractivity contribution in [3.8, 4) is 22.4 Å². The number of nitrogens with zero attached hydrogens (tertiary/aromatic N) is 4. The number of aromatic nitrogens is 3. The molecule has 3 heterocycles. The standard InChI is InChI=1S/C29H28F2N6O2/c1-17(2)27(38)35-21-10-8-19(9-11-21)24-22(23-25(32)33-16-34-26(23)36(24)3)18-4-6-20(7-5-18)28(39)37-14-12-29(30,31)13-15-37/h4-11,16H,1,12-15H2,2-3H3,(H,35,38)(H2,32,33,34). The second kappa shape index (κ2) is 9.94. The van der Waals surface area contributed by atoms with E-state index >= 15 is 0 Å². The first-order chi connectivity index (χ1) is 18.6. The van der Waals surface area contributed by atoms with E-state index in [9.17, 15) is 18.4 Å². The van der Waals surface area contributed by atoms with Gasteiger partial charge in [-0.15, -0.1) is 0 Å². The fourth-order valence-electron chi connectivity index (χ4n) is 4.84. The molecule has 1 aliphatic heterocycles. The summed E-state index contributed by atoms with van der Waals surface area (Å²) in [6.07, 6.45) is 0.752. The number of anilines is 2. The van der Waals surface area contributed by atoms with Crippen molar-refractivity contribution in [2.75, 3.05) is 24.1 Å². The van der Waals surface area contributed by atoms with Crippen LogP contribution in [-0.2, 0) is 11.8 Å². The first-order valence-corrected chi connectivity index (χ1v) is 12.5. The highest BCUT2D eigenvalue weighted by Gasteiger charge is 2.35. The Labute approximate surface area is 224 Å². The lowest BCUT2D eigenvalue weighted by atomic mass is 9.97. The Balaban J connectivity index is 1.53. The molecule has 3 N–H and O–H groups in total. The lowest BCUT2D eigenvalue weighted by molar-refractivity contribution is -0.112. The molecule has 0 spiro atoms. The summed E-state index contributed by atoms with van der Waals surface area (Å²) in [5, 5.41) is 3.47. The topological polar surface area (TPSA) is 106 Å². The molecule has 4 aromatic rings. The van der Waals surface area contributed by atoms with E-state index in [1.54, 1.807) is 31.2 Å². The second-order valence-electron chi connectivity index (χ2n) is 9.78. The number of halogens is 2. The van der Waals surface area contributed by atoms with Gasteiger partial charge in [0.15, 0.2) is 0 Å². The summed E-state index contributed by atoms with van der Waals surface area (Å²) in [5.74, 6) is -2.94. The third-order valence-electron chi connectivity index (χ3n) is 7.00. The maximum Gasteiger partial charge on any atom is 0.253 e. The molecule has 39 heavy (non-hydrogen) atoms. The van der Waals surface area contributed by atoms with Crippen molar-refractivity contribution in [2.45, 2.75) is 25.7 Å². The van der Waals surface area contributed by atoms with Crippen molar-refractivity contribution in [1.82, 2.24) is 19.4 Å². The predicted molar refractivity (Wildman–Crippen MR) is 147 cm³/mol. The summed E-state index contributed by atoms with van der Waals surface area (Å²) in [6.45, 7) is 5.35. The van der Waals surface area contributed by atoms with Crippen molar-refractivity contribution >= 4 is 34.4 Å². The van der Waals surface area contributed by atoms with Gasteiger partial charge in [-0.1, -0.05) is 30.8 Å². The first-order valence-electron chi connectivity index (χ1n) is 12.5. The minimum atomic E-state index is -2.72. The van der Waals surface area contributed by atoms with Crippen LogP contribution in [-0.4, -0.2) is 50.3 Å². The van der Waals surface area contributed by atoms with Gasteiger partial charge in [0.05, 0.1) is 11.1 Å². The zero-order valence-corrected chi connectivity index (χ0v) is 21.7. The van der Waals surface area contributed by atoms with Gasteiger partial charge in [0.25, 0.3) is 17.7 Å². The molecule has 200 valence electrons. The minimum absolute atomic E-state index is 0.0255. The number of nitrogens with one attached hydrogen (secondary N) is 1. The van der Waals surface area contributed by atoms with Crippen LogP contribution in [0.15, 0.2) is 67.0 Å². The molecular formula is C29H28F2N6O2. The number of aryl methyl sites for hydroxylation is 1. The van der Waals surface area contributed by atoms with Crippen LogP contribution in [0.3, 0.4) is 0 Å². The summed E-state index contributed by atoms with van der Waals surface area (Å²) >= 11 is 0. The molecule has 1 aliphatic rings. The number of carbonyl (C=O) groups excluding carboxylic acids is 2. The summed E-state index contributed by atoms with van der Waals surface area (Å²) in [5.41, 5.74) is 11.7. The monoisotopic (exact) mass is 530 g/mol.